The van der Waals surface area contributed by atoms with Crippen molar-refractivity contribution < 1.29 is 19.4 Å². The van der Waals surface area contributed by atoms with Gasteiger partial charge in [-0.2, -0.15) is 0 Å². The Morgan fingerprint density at radius 2 is 2.19 bits per heavy atom. The molecular weight excluding hydrogens is 290 g/mol. The second-order valence-electron chi connectivity index (χ2n) is 4.23. The third kappa shape index (κ3) is 3.29. The molecule has 0 saturated heterocycles. The van der Waals surface area contributed by atoms with Gasteiger partial charge in [-0.05, 0) is 12.1 Å². The monoisotopic (exact) mass is 305 g/mol. The Morgan fingerprint density at radius 3 is 2.86 bits per heavy atom. The van der Waals surface area contributed by atoms with E-state index >= 15 is 0 Å². The van der Waals surface area contributed by atoms with Gasteiger partial charge in [-0.15, -0.1) is 11.3 Å². The van der Waals surface area contributed by atoms with Crippen molar-refractivity contribution in [3.63, 3.8) is 0 Å². The summed E-state index contributed by atoms with van der Waals surface area (Å²) in [5.41, 5.74) is 1.20. The summed E-state index contributed by atoms with van der Waals surface area (Å²) in [6.07, 6.45) is -1.17. The van der Waals surface area contributed by atoms with Gasteiger partial charge in [-0.3, -0.25) is 0 Å². The average Bonchev–Trinajstić information content (AvgIpc) is 3.02. The van der Waals surface area contributed by atoms with E-state index in [1.807, 2.05) is 24.3 Å². The normalized spacial score (nSPS) is 11.8. The van der Waals surface area contributed by atoms with Crippen LogP contribution in [0.25, 0.3) is 10.6 Å². The number of rotatable bonds is 5. The van der Waals surface area contributed by atoms with Crippen LogP contribution in [0, 0.1) is 0 Å². The maximum absolute atomic E-state index is 11.4. The zero-order valence-electron chi connectivity index (χ0n) is 11.7. The Labute approximate surface area is 126 Å². The second-order valence-corrected chi connectivity index (χ2v) is 5.09. The van der Waals surface area contributed by atoms with Gasteiger partial charge in [0.15, 0.2) is 0 Å². The molecule has 1 unspecified atom stereocenters. The van der Waals surface area contributed by atoms with Gasteiger partial charge in [0.2, 0.25) is 0 Å². The number of benzene rings is 1. The summed E-state index contributed by atoms with van der Waals surface area (Å²) in [6, 6.07) is 7.45. The summed E-state index contributed by atoms with van der Waals surface area (Å²) < 4.78 is 9.70. The van der Waals surface area contributed by atoms with Crippen LogP contribution in [-0.2, 0) is 9.53 Å². The summed E-state index contributed by atoms with van der Waals surface area (Å²) in [5.74, 6) is 0.0715. The molecule has 1 atom stereocenters. The van der Waals surface area contributed by atoms with E-state index in [9.17, 15) is 9.90 Å². The van der Waals surface area contributed by atoms with Crippen LogP contribution in [0.5, 0.6) is 5.75 Å². The van der Waals surface area contributed by atoms with Crippen LogP contribution in [0.2, 0.25) is 0 Å². The van der Waals surface area contributed by atoms with E-state index in [0.29, 0.717) is 5.69 Å². The van der Waals surface area contributed by atoms with Crippen molar-refractivity contribution in [2.24, 2.45) is 0 Å². The molecule has 1 N–H and O–H groups in total. The Hall–Kier alpha value is -2.18. The molecule has 5 nitrogen and oxygen atoms in total. The molecule has 1 aromatic heterocycles. The number of hydrogen-bond acceptors (Lipinski definition) is 6. The predicted molar refractivity (Wildman–Crippen MR) is 80.2 cm³/mol. The van der Waals surface area contributed by atoms with Gasteiger partial charge >= 0.3 is 5.97 Å². The summed E-state index contributed by atoms with van der Waals surface area (Å²) >= 11 is 1.37. The quantitative estimate of drug-likeness (QED) is 0.679. The second kappa shape index (κ2) is 6.51. The summed E-state index contributed by atoms with van der Waals surface area (Å²) in [7, 11) is 2.83. The van der Waals surface area contributed by atoms with Crippen molar-refractivity contribution >= 4 is 17.3 Å². The van der Waals surface area contributed by atoms with Gasteiger partial charge in [-0.1, -0.05) is 18.7 Å². The van der Waals surface area contributed by atoms with E-state index in [0.717, 1.165) is 16.3 Å². The standard InChI is InChI=1S/C15H15NO4S/c1-9(15(18)20-3)13(17)12-8-21-14(16-12)10-5-4-6-11(7-10)19-2/h4-8,13,17H,1H2,2-3H3. The molecule has 0 aliphatic heterocycles. The van der Waals surface area contributed by atoms with Crippen LogP contribution in [0.4, 0.5) is 0 Å². The first kappa shape index (κ1) is 15.2. The van der Waals surface area contributed by atoms with Gasteiger partial charge in [0.05, 0.1) is 25.5 Å². The lowest BCUT2D eigenvalue weighted by Crippen LogP contribution is -2.12. The van der Waals surface area contributed by atoms with Crippen molar-refractivity contribution in [2.45, 2.75) is 6.10 Å². The number of aromatic nitrogens is 1. The minimum absolute atomic E-state index is 0.0417. The lowest BCUT2D eigenvalue weighted by atomic mass is 10.1. The van der Waals surface area contributed by atoms with Crippen LogP contribution >= 0.6 is 11.3 Å². The fourth-order valence-corrected chi connectivity index (χ4v) is 2.56. The zero-order chi connectivity index (χ0) is 15.4. The highest BCUT2D eigenvalue weighted by molar-refractivity contribution is 7.13. The van der Waals surface area contributed by atoms with Crippen LogP contribution in [-0.4, -0.2) is 30.3 Å². The Morgan fingerprint density at radius 1 is 1.43 bits per heavy atom. The highest BCUT2D eigenvalue weighted by atomic mass is 32.1. The Kier molecular flexibility index (Phi) is 4.72. The SMILES string of the molecule is C=C(C(=O)OC)C(O)c1csc(-c2cccc(OC)c2)n1. The molecule has 0 bridgehead atoms. The lowest BCUT2D eigenvalue weighted by molar-refractivity contribution is -0.137. The van der Waals surface area contributed by atoms with Crippen molar-refractivity contribution in [1.82, 2.24) is 4.98 Å². The molecule has 0 aliphatic rings. The number of thiazole rings is 1. The van der Waals surface area contributed by atoms with Crippen molar-refractivity contribution in [2.75, 3.05) is 14.2 Å². The first-order valence-corrected chi connectivity index (χ1v) is 6.99. The number of carbonyl (C=O) groups is 1. The molecule has 0 amide bonds. The number of esters is 1. The van der Waals surface area contributed by atoms with Crippen LogP contribution in [0.15, 0.2) is 41.8 Å². The van der Waals surface area contributed by atoms with E-state index < -0.39 is 12.1 Å². The van der Waals surface area contributed by atoms with Gasteiger partial charge in [0.1, 0.15) is 16.9 Å². The predicted octanol–water partition coefficient (Wildman–Crippen LogP) is 2.58. The minimum Gasteiger partial charge on any atom is -0.497 e. The average molecular weight is 305 g/mol. The van der Waals surface area contributed by atoms with E-state index in [4.69, 9.17) is 4.74 Å². The minimum atomic E-state index is -1.17. The summed E-state index contributed by atoms with van der Waals surface area (Å²) in [4.78, 5) is 15.7. The largest absolute Gasteiger partial charge is 0.497 e. The number of aliphatic hydroxyl groups is 1. The molecule has 0 saturated carbocycles. The van der Waals surface area contributed by atoms with Gasteiger partial charge < -0.3 is 14.6 Å². The highest BCUT2D eigenvalue weighted by Crippen LogP contribution is 2.30. The number of ether oxygens (including phenoxy) is 2. The van der Waals surface area contributed by atoms with Crippen LogP contribution in [0.3, 0.4) is 0 Å². The highest BCUT2D eigenvalue weighted by Gasteiger charge is 2.21. The van der Waals surface area contributed by atoms with E-state index in [2.05, 4.69) is 16.3 Å². The zero-order valence-corrected chi connectivity index (χ0v) is 12.5. The lowest BCUT2D eigenvalue weighted by Gasteiger charge is -2.08. The smallest absolute Gasteiger partial charge is 0.336 e. The number of methoxy groups -OCH3 is 2. The fourth-order valence-electron chi connectivity index (χ4n) is 1.72. The topological polar surface area (TPSA) is 68.7 Å². The van der Waals surface area contributed by atoms with Crippen molar-refractivity contribution in [1.29, 1.82) is 0 Å². The Bertz CT molecular complexity index is 665. The molecule has 2 rings (SSSR count). The van der Waals surface area contributed by atoms with Gasteiger partial charge in [0.25, 0.3) is 0 Å². The van der Waals surface area contributed by atoms with Crippen molar-refractivity contribution in [3.05, 3.63) is 47.5 Å². The van der Waals surface area contributed by atoms with Gasteiger partial charge in [0, 0.05) is 10.9 Å². The first-order chi connectivity index (χ1) is 10.1. The van der Waals surface area contributed by atoms with Crippen molar-refractivity contribution in [3.8, 4) is 16.3 Å². The van der Waals surface area contributed by atoms with Crippen LogP contribution in [0.1, 0.15) is 11.8 Å². The maximum atomic E-state index is 11.4. The summed E-state index contributed by atoms with van der Waals surface area (Å²) in [6.45, 7) is 3.53. The summed E-state index contributed by atoms with van der Waals surface area (Å²) in [5, 5.41) is 12.5. The Balaban J connectivity index is 2.25. The number of nitrogens with zero attached hydrogens (tertiary/aromatic N) is 1. The van der Waals surface area contributed by atoms with Crippen LogP contribution < -0.4 is 4.74 Å². The fraction of sp³-hybridized carbons (Fsp3) is 0.200. The van der Waals surface area contributed by atoms with E-state index in [1.54, 1.807) is 12.5 Å². The molecular formula is C15H15NO4S. The molecule has 2 aromatic rings. The molecule has 0 fully saturated rings. The third-order valence-electron chi connectivity index (χ3n) is 2.90. The molecule has 1 heterocycles. The van der Waals surface area contributed by atoms with Gasteiger partial charge in [-0.25, -0.2) is 9.78 Å². The molecule has 0 aliphatic carbocycles. The molecule has 0 radical (unpaired) electrons. The maximum Gasteiger partial charge on any atom is 0.336 e. The molecule has 6 heteroatoms. The third-order valence-corrected chi connectivity index (χ3v) is 3.81. The van der Waals surface area contributed by atoms with E-state index in [1.165, 1.54) is 18.4 Å². The number of carbonyl (C=O) groups excluding carboxylic acids is 1. The molecule has 110 valence electrons. The molecule has 1 aromatic carbocycles. The molecule has 0 spiro atoms. The first-order valence-electron chi connectivity index (χ1n) is 6.12. The molecule has 21 heavy (non-hydrogen) atoms. The van der Waals surface area contributed by atoms with E-state index in [-0.39, 0.29) is 5.57 Å². The number of hydrogen-bond donors (Lipinski definition) is 1. The number of aliphatic hydroxyl groups excluding tert-OH is 1.